The van der Waals surface area contributed by atoms with Crippen molar-refractivity contribution in [2.75, 3.05) is 7.11 Å². The third kappa shape index (κ3) is 2.24. The summed E-state index contributed by atoms with van der Waals surface area (Å²) >= 11 is 0. The van der Waals surface area contributed by atoms with Crippen LogP contribution in [0.2, 0.25) is 0 Å². The largest absolute Gasteiger partial charge is 0.492 e. The van der Waals surface area contributed by atoms with Crippen molar-refractivity contribution in [3.05, 3.63) is 35.3 Å². The van der Waals surface area contributed by atoms with Crippen LogP contribution in [0.1, 0.15) is 16.1 Å². The maximum atomic E-state index is 13.7. The van der Waals surface area contributed by atoms with Crippen molar-refractivity contribution in [3.63, 3.8) is 0 Å². The Morgan fingerprint density at radius 3 is 2.79 bits per heavy atom. The SMILES string of the molecule is COc1c(F)cc(-c2cc(C(=O)O)no2)cc1C#N. The number of hydrogen-bond donors (Lipinski definition) is 1. The van der Waals surface area contributed by atoms with Gasteiger partial charge in [-0.05, 0) is 12.1 Å². The molecular formula is C12H7FN2O4. The van der Waals surface area contributed by atoms with Gasteiger partial charge in [-0.2, -0.15) is 5.26 Å². The summed E-state index contributed by atoms with van der Waals surface area (Å²) in [4.78, 5) is 10.7. The van der Waals surface area contributed by atoms with Crippen LogP contribution in [0.25, 0.3) is 11.3 Å². The monoisotopic (exact) mass is 262 g/mol. The fourth-order valence-electron chi connectivity index (χ4n) is 1.54. The number of hydrogen-bond acceptors (Lipinski definition) is 5. The van der Waals surface area contributed by atoms with Crippen molar-refractivity contribution in [1.29, 1.82) is 5.26 Å². The van der Waals surface area contributed by atoms with Crippen LogP contribution in [0.5, 0.6) is 5.75 Å². The van der Waals surface area contributed by atoms with E-state index in [1.165, 1.54) is 13.2 Å². The number of carbonyl (C=O) groups is 1. The average molecular weight is 262 g/mol. The minimum atomic E-state index is -1.26. The summed E-state index contributed by atoms with van der Waals surface area (Å²) in [6, 6.07) is 5.33. The molecule has 0 spiro atoms. The summed E-state index contributed by atoms with van der Waals surface area (Å²) in [5, 5.41) is 20.9. The number of aromatic carboxylic acids is 1. The molecule has 0 aliphatic heterocycles. The highest BCUT2D eigenvalue weighted by Crippen LogP contribution is 2.29. The van der Waals surface area contributed by atoms with E-state index in [9.17, 15) is 9.18 Å². The van der Waals surface area contributed by atoms with Gasteiger partial charge in [-0.3, -0.25) is 0 Å². The van der Waals surface area contributed by atoms with Crippen LogP contribution in [-0.4, -0.2) is 23.3 Å². The van der Waals surface area contributed by atoms with Gasteiger partial charge in [0, 0.05) is 11.6 Å². The van der Waals surface area contributed by atoms with Gasteiger partial charge in [-0.15, -0.1) is 0 Å². The molecule has 0 amide bonds. The van der Waals surface area contributed by atoms with Crippen molar-refractivity contribution in [3.8, 4) is 23.1 Å². The quantitative estimate of drug-likeness (QED) is 0.909. The first kappa shape index (κ1) is 12.6. The first-order valence-electron chi connectivity index (χ1n) is 5.05. The number of carboxylic acid groups (broad SMARTS) is 1. The predicted octanol–water partition coefficient (Wildman–Crippen LogP) is 2.06. The van der Waals surface area contributed by atoms with E-state index < -0.39 is 11.8 Å². The number of nitrogens with zero attached hydrogens (tertiary/aromatic N) is 2. The zero-order valence-electron chi connectivity index (χ0n) is 9.68. The topological polar surface area (TPSA) is 96.3 Å². The third-order valence-corrected chi connectivity index (χ3v) is 2.38. The van der Waals surface area contributed by atoms with Gasteiger partial charge >= 0.3 is 5.97 Å². The highest BCUT2D eigenvalue weighted by molar-refractivity contribution is 5.86. The molecule has 1 heterocycles. The summed E-state index contributed by atoms with van der Waals surface area (Å²) in [5.74, 6) is -2.13. The van der Waals surface area contributed by atoms with Gasteiger partial charge < -0.3 is 14.4 Å². The Labute approximate surface area is 106 Å². The second kappa shape index (κ2) is 4.78. The van der Waals surface area contributed by atoms with Crippen LogP contribution in [0.3, 0.4) is 0 Å². The van der Waals surface area contributed by atoms with E-state index in [4.69, 9.17) is 19.6 Å². The molecule has 0 aliphatic carbocycles. The van der Waals surface area contributed by atoms with Gasteiger partial charge in [0.1, 0.15) is 6.07 Å². The van der Waals surface area contributed by atoms with Gasteiger partial charge in [0.15, 0.2) is 23.0 Å². The number of halogens is 1. The van der Waals surface area contributed by atoms with Crippen molar-refractivity contribution < 1.29 is 23.6 Å². The second-order valence-electron chi connectivity index (χ2n) is 3.53. The molecule has 1 N–H and O–H groups in total. The lowest BCUT2D eigenvalue weighted by atomic mass is 10.1. The molecule has 19 heavy (non-hydrogen) atoms. The fourth-order valence-corrected chi connectivity index (χ4v) is 1.54. The van der Waals surface area contributed by atoms with Crippen LogP contribution in [0.4, 0.5) is 4.39 Å². The first-order chi connectivity index (χ1) is 9.06. The number of rotatable bonds is 3. The molecule has 0 atom stereocenters. The van der Waals surface area contributed by atoms with Gasteiger partial charge in [0.25, 0.3) is 0 Å². The Hall–Kier alpha value is -2.88. The second-order valence-corrected chi connectivity index (χ2v) is 3.53. The van der Waals surface area contributed by atoms with Gasteiger partial charge in [-0.1, -0.05) is 5.16 Å². The van der Waals surface area contributed by atoms with E-state index in [0.717, 1.165) is 12.1 Å². The Morgan fingerprint density at radius 1 is 1.53 bits per heavy atom. The standard InChI is InChI=1S/C12H7FN2O4/c1-18-11-7(5-14)2-6(3-8(11)13)10-4-9(12(16)17)15-19-10/h2-4H,1H3,(H,16,17). The fraction of sp³-hybridized carbons (Fsp3) is 0.0833. The predicted molar refractivity (Wildman–Crippen MR) is 60.1 cm³/mol. The Morgan fingerprint density at radius 2 is 2.26 bits per heavy atom. The number of carboxylic acids is 1. The maximum absolute atomic E-state index is 13.7. The Balaban J connectivity index is 2.54. The Kier molecular flexibility index (Phi) is 3.16. The normalized spacial score (nSPS) is 9.95. The van der Waals surface area contributed by atoms with Crippen LogP contribution < -0.4 is 4.74 Å². The van der Waals surface area contributed by atoms with E-state index in [1.807, 2.05) is 0 Å². The highest BCUT2D eigenvalue weighted by Gasteiger charge is 2.17. The van der Waals surface area contributed by atoms with E-state index in [2.05, 4.69) is 5.16 Å². The van der Waals surface area contributed by atoms with E-state index in [0.29, 0.717) is 0 Å². The lowest BCUT2D eigenvalue weighted by molar-refractivity contribution is 0.0686. The van der Waals surface area contributed by atoms with E-state index in [-0.39, 0.29) is 28.3 Å². The van der Waals surface area contributed by atoms with E-state index in [1.54, 1.807) is 6.07 Å². The molecule has 1 aromatic heterocycles. The number of methoxy groups -OCH3 is 1. The van der Waals surface area contributed by atoms with Gasteiger partial charge in [-0.25, -0.2) is 9.18 Å². The molecule has 0 bridgehead atoms. The minimum absolute atomic E-state index is 0.0224. The lowest BCUT2D eigenvalue weighted by Crippen LogP contribution is -1.95. The van der Waals surface area contributed by atoms with Crippen LogP contribution in [0, 0.1) is 17.1 Å². The summed E-state index contributed by atoms with van der Waals surface area (Å²) in [6.07, 6.45) is 0. The number of benzene rings is 1. The molecule has 0 radical (unpaired) electrons. The summed E-state index contributed by atoms with van der Waals surface area (Å²) in [7, 11) is 1.25. The molecule has 0 saturated carbocycles. The smallest absolute Gasteiger partial charge is 0.358 e. The molecule has 0 unspecified atom stereocenters. The summed E-state index contributed by atoms with van der Waals surface area (Å²) in [5.41, 5.74) is -0.120. The molecule has 96 valence electrons. The van der Waals surface area contributed by atoms with Crippen molar-refractivity contribution >= 4 is 5.97 Å². The molecule has 6 nitrogen and oxygen atoms in total. The molecule has 1 aromatic carbocycles. The molecular weight excluding hydrogens is 255 g/mol. The van der Waals surface area contributed by atoms with Crippen LogP contribution in [-0.2, 0) is 0 Å². The lowest BCUT2D eigenvalue weighted by Gasteiger charge is -2.05. The number of aromatic nitrogens is 1. The molecule has 2 rings (SSSR count). The van der Waals surface area contributed by atoms with Crippen LogP contribution >= 0.6 is 0 Å². The first-order valence-corrected chi connectivity index (χ1v) is 5.05. The summed E-state index contributed by atoms with van der Waals surface area (Å²) in [6.45, 7) is 0. The molecule has 0 aliphatic rings. The molecule has 7 heteroatoms. The molecule has 0 saturated heterocycles. The average Bonchev–Trinajstić information content (AvgIpc) is 2.87. The van der Waals surface area contributed by atoms with Crippen molar-refractivity contribution in [2.24, 2.45) is 0 Å². The minimum Gasteiger partial charge on any atom is -0.492 e. The van der Waals surface area contributed by atoms with Crippen molar-refractivity contribution in [1.82, 2.24) is 5.16 Å². The van der Waals surface area contributed by atoms with Crippen LogP contribution in [0.15, 0.2) is 22.7 Å². The Bertz CT molecular complexity index is 688. The zero-order chi connectivity index (χ0) is 14.0. The maximum Gasteiger partial charge on any atom is 0.358 e. The third-order valence-electron chi connectivity index (χ3n) is 2.38. The van der Waals surface area contributed by atoms with Crippen molar-refractivity contribution in [2.45, 2.75) is 0 Å². The van der Waals surface area contributed by atoms with Gasteiger partial charge in [0.05, 0.1) is 12.7 Å². The summed E-state index contributed by atoms with van der Waals surface area (Å²) < 4.78 is 23.3. The molecule has 2 aromatic rings. The van der Waals surface area contributed by atoms with Gasteiger partial charge in [0.2, 0.25) is 0 Å². The highest BCUT2D eigenvalue weighted by atomic mass is 19.1. The zero-order valence-corrected chi connectivity index (χ0v) is 9.68. The number of nitriles is 1. The molecule has 0 fully saturated rings. The van der Waals surface area contributed by atoms with E-state index >= 15 is 0 Å². The number of ether oxygens (including phenoxy) is 1.